The standard InChI is InChI=1S/C12H12N2O4.C12H14N2O2.C12H18N2.C12H13NO2.C10H9NO2.C9H8O4.C4H8O/c1-12(2)9-5-4-7(14(17)18)6-8(9)10(15)13(3)11(12)16;1-12(2)9-5-4-7(13)6-8(9)10(15)14(3)11(12)16;1-12(2)8-14(3)7-9-6-10(13)4-5-11(9)12;1-12(2)9-7-5-4-6-8(9)10(14)13(3)11(12)15;1-11-9(12)6-7-4-2-3-5-8(7)10(11)13;10-8(11)5-6-3-1-2-4-7(6)9(12)13;1-2-4-5-3-1/h4-6H,1-3H3;4-6H,13H2,1-3H3;4-6H,7-8,13H2,1-3H3;4-7H,1-3H3;2-5H,6H2,1H3;1-4H,5H2,(H,10,11)(H,12,13);1-4H2. The third kappa shape index (κ3) is 16.1. The molecule has 12 rings (SSSR count). The summed E-state index contributed by atoms with van der Waals surface area (Å²) in [5.74, 6) is -4.12. The highest BCUT2D eigenvalue weighted by atomic mass is 16.6. The van der Waals surface area contributed by atoms with E-state index in [9.17, 15) is 58.1 Å². The number of carbonyl (C=O) groups excluding carboxylic acids is 8. The summed E-state index contributed by atoms with van der Waals surface area (Å²) < 4.78 is 4.94. The number of carbonyl (C=O) groups is 10. The van der Waals surface area contributed by atoms with Crippen molar-refractivity contribution >= 4 is 76.3 Å². The number of imide groups is 4. The first-order chi connectivity index (χ1) is 43.9. The number of carboxylic acid groups (broad SMARTS) is 2. The van der Waals surface area contributed by atoms with Crippen molar-refractivity contribution < 1.29 is 67.8 Å². The van der Waals surface area contributed by atoms with Gasteiger partial charge in [-0.25, -0.2) is 4.79 Å². The van der Waals surface area contributed by atoms with Gasteiger partial charge in [0.1, 0.15) is 0 Å². The largest absolute Gasteiger partial charge is 0.481 e. The molecule has 8 amide bonds. The second-order valence-corrected chi connectivity index (χ2v) is 25.6. The van der Waals surface area contributed by atoms with Gasteiger partial charge in [-0.2, -0.15) is 0 Å². The zero-order valence-corrected chi connectivity index (χ0v) is 55.3. The number of hydrogen-bond donors (Lipinski definition) is 4. The highest BCUT2D eigenvalue weighted by Gasteiger charge is 2.45. The van der Waals surface area contributed by atoms with Crippen LogP contribution in [0.5, 0.6) is 0 Å². The van der Waals surface area contributed by atoms with Crippen LogP contribution in [0.4, 0.5) is 17.1 Å². The summed E-state index contributed by atoms with van der Waals surface area (Å²) in [4.78, 5) is 132. The average Bonchev–Trinajstić information content (AvgIpc) is 0.836. The van der Waals surface area contributed by atoms with E-state index in [-0.39, 0.29) is 70.0 Å². The van der Waals surface area contributed by atoms with E-state index in [0.717, 1.165) is 58.5 Å². The molecule has 23 nitrogen and oxygen atoms in total. The Morgan fingerprint density at radius 1 is 0.521 bits per heavy atom. The van der Waals surface area contributed by atoms with Gasteiger partial charge in [-0.15, -0.1) is 0 Å². The van der Waals surface area contributed by atoms with Crippen LogP contribution in [-0.4, -0.2) is 154 Å². The third-order valence-corrected chi connectivity index (χ3v) is 17.0. The second kappa shape index (κ2) is 29.6. The van der Waals surface area contributed by atoms with Crippen LogP contribution < -0.4 is 11.5 Å². The molecule has 6 heterocycles. The number of nitro benzene ring substituents is 1. The molecule has 0 aromatic heterocycles. The highest BCUT2D eigenvalue weighted by molar-refractivity contribution is 6.15. The van der Waals surface area contributed by atoms with Gasteiger partial charge in [-0.05, 0) is 143 Å². The summed E-state index contributed by atoms with van der Waals surface area (Å²) in [6.07, 6.45) is 2.63. The van der Waals surface area contributed by atoms with Crippen LogP contribution in [0.2, 0.25) is 0 Å². The maximum absolute atomic E-state index is 12.0. The lowest BCUT2D eigenvalue weighted by molar-refractivity contribution is -0.384. The minimum absolute atomic E-state index is 0.0462. The number of non-ortho nitro benzene ring substituents is 1. The number of rotatable bonds is 4. The number of amides is 8. The number of nitro groups is 1. The Labute approximate surface area is 546 Å². The molecular weight excluding hydrogens is 1200 g/mol. The smallest absolute Gasteiger partial charge is 0.335 e. The molecule has 6 aromatic rings. The van der Waals surface area contributed by atoms with Crippen LogP contribution in [-0.2, 0) is 69.8 Å². The zero-order valence-electron chi connectivity index (χ0n) is 55.3. The molecule has 6 aromatic carbocycles. The van der Waals surface area contributed by atoms with Crippen LogP contribution in [0.15, 0.2) is 127 Å². The fourth-order valence-electron chi connectivity index (χ4n) is 11.8. The number of anilines is 2. The SMILES string of the molecule is C1CCOC1.CN1C(=O)Cc2ccccc2C1=O.CN1C(=O)c2cc(N)ccc2C(C)(C)C1=O.CN1C(=O)c2cc([N+](=O)[O-])ccc2C(C)(C)C1=O.CN1C(=O)c2ccccc2C(C)(C)C1=O.CN1Cc2cc(N)ccc2C(C)(C)C1.O=C(O)Cc1ccccc1C(=O)O. The van der Waals surface area contributed by atoms with Crippen molar-refractivity contribution in [3.05, 3.63) is 204 Å². The molecule has 0 aliphatic carbocycles. The monoisotopic (exact) mass is 1290 g/mol. The van der Waals surface area contributed by atoms with Crippen LogP contribution in [0, 0.1) is 10.1 Å². The molecule has 94 heavy (non-hydrogen) atoms. The molecule has 0 saturated carbocycles. The molecule has 6 aliphatic heterocycles. The van der Waals surface area contributed by atoms with Crippen molar-refractivity contribution in [1.82, 2.24) is 24.5 Å². The quantitative estimate of drug-likeness (QED) is 0.0554. The van der Waals surface area contributed by atoms with Gasteiger partial charge in [0.05, 0.1) is 45.1 Å². The summed E-state index contributed by atoms with van der Waals surface area (Å²) in [7, 11) is 8.09. The van der Waals surface area contributed by atoms with Gasteiger partial charge in [-0.3, -0.25) is 72.9 Å². The van der Waals surface area contributed by atoms with E-state index < -0.39 is 39.0 Å². The molecule has 0 bridgehead atoms. The summed E-state index contributed by atoms with van der Waals surface area (Å²) in [6.45, 7) is 19.4. The Kier molecular flexibility index (Phi) is 22.9. The summed E-state index contributed by atoms with van der Waals surface area (Å²) in [5, 5.41) is 27.9. The second-order valence-electron chi connectivity index (χ2n) is 25.6. The topological polar surface area (TPSA) is 332 Å². The van der Waals surface area contributed by atoms with Crippen LogP contribution >= 0.6 is 0 Å². The number of nitrogens with zero attached hydrogens (tertiary/aromatic N) is 6. The number of nitrogen functional groups attached to an aromatic ring is 2. The number of aliphatic carboxylic acids is 1. The predicted molar refractivity (Wildman–Crippen MR) is 353 cm³/mol. The van der Waals surface area contributed by atoms with Gasteiger partial charge in [0, 0.05) is 100 Å². The van der Waals surface area contributed by atoms with Crippen molar-refractivity contribution in [3.8, 4) is 0 Å². The zero-order chi connectivity index (χ0) is 70.1. The van der Waals surface area contributed by atoms with Crippen LogP contribution in [0.1, 0.15) is 159 Å². The first-order valence-electron chi connectivity index (χ1n) is 30.2. The molecule has 0 spiro atoms. The van der Waals surface area contributed by atoms with E-state index in [1.165, 1.54) is 92.3 Å². The first-order valence-corrected chi connectivity index (χ1v) is 30.2. The van der Waals surface area contributed by atoms with Crippen molar-refractivity contribution in [1.29, 1.82) is 0 Å². The Bertz CT molecular complexity index is 3970. The van der Waals surface area contributed by atoms with Crippen LogP contribution in [0.3, 0.4) is 0 Å². The molecule has 0 atom stereocenters. The lowest BCUT2D eigenvalue weighted by atomic mass is 9.77. The van der Waals surface area contributed by atoms with E-state index in [1.54, 1.807) is 62.4 Å². The molecule has 6 aliphatic rings. The number of hydrogen-bond acceptors (Lipinski definition) is 16. The number of ether oxygens (including phenoxy) is 1. The maximum Gasteiger partial charge on any atom is 0.335 e. The Hall–Kier alpha value is -10.3. The normalized spacial score (nSPS) is 17.4. The lowest BCUT2D eigenvalue weighted by Crippen LogP contribution is -2.49. The van der Waals surface area contributed by atoms with Crippen LogP contribution in [0.25, 0.3) is 0 Å². The molecule has 23 heteroatoms. The Morgan fingerprint density at radius 2 is 0.957 bits per heavy atom. The maximum atomic E-state index is 12.0. The number of fused-ring (bicyclic) bond motifs is 5. The molecule has 1 saturated heterocycles. The summed E-state index contributed by atoms with van der Waals surface area (Å²) >= 11 is 0. The highest BCUT2D eigenvalue weighted by Crippen LogP contribution is 2.38. The van der Waals surface area contributed by atoms with Gasteiger partial charge in [0.15, 0.2) is 0 Å². The number of aromatic carboxylic acids is 1. The van der Waals surface area contributed by atoms with E-state index in [1.807, 2.05) is 64.1 Å². The number of nitrogens with two attached hydrogens (primary N) is 2. The summed E-state index contributed by atoms with van der Waals surface area (Å²) in [6, 6.07) is 36.0. The number of benzene rings is 6. The predicted octanol–water partition coefficient (Wildman–Crippen LogP) is 8.86. The first kappa shape index (κ1) is 72.8. The molecular formula is C71H82N8O15. The number of carboxylic acids is 2. The van der Waals surface area contributed by atoms with Crippen molar-refractivity contribution in [3.63, 3.8) is 0 Å². The Morgan fingerprint density at radius 3 is 1.47 bits per heavy atom. The van der Waals surface area contributed by atoms with Gasteiger partial charge < -0.3 is 31.3 Å². The van der Waals surface area contributed by atoms with E-state index in [4.69, 9.17) is 26.4 Å². The van der Waals surface area contributed by atoms with Gasteiger partial charge in [-0.1, -0.05) is 86.6 Å². The molecule has 0 radical (unpaired) electrons. The van der Waals surface area contributed by atoms with Crippen molar-refractivity contribution in [2.75, 3.05) is 66.5 Å². The fraction of sp³-hybridized carbons (Fsp3) is 0.352. The third-order valence-electron chi connectivity index (χ3n) is 17.0. The Balaban J connectivity index is 0.000000176. The summed E-state index contributed by atoms with van der Waals surface area (Å²) in [5.41, 5.74) is 18.9. The van der Waals surface area contributed by atoms with Gasteiger partial charge in [0.25, 0.3) is 29.3 Å². The van der Waals surface area contributed by atoms with Gasteiger partial charge in [0.2, 0.25) is 23.6 Å². The molecule has 6 N–H and O–H groups in total. The minimum atomic E-state index is -1.10. The van der Waals surface area contributed by atoms with E-state index >= 15 is 0 Å². The minimum Gasteiger partial charge on any atom is -0.481 e. The molecule has 1 fully saturated rings. The lowest BCUT2D eigenvalue weighted by Gasteiger charge is -2.38. The van der Waals surface area contributed by atoms with E-state index in [0.29, 0.717) is 39.9 Å². The molecule has 0 unspecified atom stereocenters. The van der Waals surface area contributed by atoms with Gasteiger partial charge >= 0.3 is 11.9 Å². The fourth-order valence-corrected chi connectivity index (χ4v) is 11.8. The average molecular weight is 1290 g/mol. The number of likely N-dealkylation sites (N-methyl/N-ethyl adjacent to an activating group) is 5. The van der Waals surface area contributed by atoms with Crippen molar-refractivity contribution in [2.24, 2.45) is 0 Å². The molecule has 496 valence electrons. The van der Waals surface area contributed by atoms with E-state index in [2.05, 4.69) is 37.9 Å². The van der Waals surface area contributed by atoms with Crippen molar-refractivity contribution in [2.45, 2.75) is 109 Å².